The number of carboxylic acids is 4. The number of aliphatic carboxylic acids is 4. The summed E-state index contributed by atoms with van der Waals surface area (Å²) in [5, 5.41) is 45.3. The molecule has 2 N–H and O–H groups in total. The Morgan fingerprint density at radius 1 is 0.711 bits per heavy atom. The number of nitrogens with zero attached hydrogens (tertiary/aromatic N) is 6. The monoisotopic (exact) mass is 767 g/mol. The summed E-state index contributed by atoms with van der Waals surface area (Å²) in [6.07, 6.45) is 4.09. The fourth-order valence-electron chi connectivity index (χ4n) is 4.38. The molecule has 0 aromatic carbocycles. The minimum absolute atomic E-state index is 0. The van der Waals surface area contributed by atoms with E-state index in [1.165, 1.54) is 17.3 Å². The summed E-state index contributed by atoms with van der Waals surface area (Å²) in [4.78, 5) is 65.4. The van der Waals surface area contributed by atoms with Gasteiger partial charge in [0.15, 0.2) is 0 Å². The smallest absolute Gasteiger partial charge is 0.549 e. The molecule has 0 aliphatic rings. The second-order valence-electron chi connectivity index (χ2n) is 9.60. The number of carboxylic acid groups (broad SMARTS) is 4. The number of unbranched alkanes of at least 4 members (excludes halogenated alkanes) is 1. The predicted molar refractivity (Wildman–Crippen MR) is 141 cm³/mol. The normalized spacial score (nSPS) is 11.4. The van der Waals surface area contributed by atoms with Crippen LogP contribution in [-0.4, -0.2) is 85.8 Å². The van der Waals surface area contributed by atoms with Crippen LogP contribution in [0.15, 0.2) is 48.8 Å². The summed E-state index contributed by atoms with van der Waals surface area (Å²) < 4.78 is 0. The van der Waals surface area contributed by atoms with Gasteiger partial charge in [-0.15, -0.1) is 0 Å². The van der Waals surface area contributed by atoms with Crippen LogP contribution in [0.1, 0.15) is 30.7 Å². The van der Waals surface area contributed by atoms with E-state index in [-0.39, 0.29) is 98.4 Å². The minimum Gasteiger partial charge on any atom is -0.549 e. The van der Waals surface area contributed by atoms with Crippen molar-refractivity contribution in [3.63, 3.8) is 0 Å². The van der Waals surface area contributed by atoms with E-state index in [2.05, 4.69) is 19.9 Å². The molecule has 0 radical (unpaired) electrons. The number of carbonyl (C=O) groups is 4. The zero-order chi connectivity index (χ0) is 31.4. The molecule has 0 aliphatic carbocycles. The van der Waals surface area contributed by atoms with Crippen LogP contribution in [0.25, 0.3) is 22.8 Å². The third-order valence-corrected chi connectivity index (χ3v) is 6.21. The molecule has 0 aliphatic heterocycles. The Labute approximate surface area is 322 Å². The van der Waals surface area contributed by atoms with E-state index in [0.29, 0.717) is 53.5 Å². The third-order valence-electron chi connectivity index (χ3n) is 6.21. The van der Waals surface area contributed by atoms with E-state index in [9.17, 15) is 39.6 Å². The molecule has 17 heteroatoms. The first-order chi connectivity index (χ1) is 20.5. The molecule has 0 saturated carbocycles. The van der Waals surface area contributed by atoms with Gasteiger partial charge in [0.05, 0.1) is 65.1 Å². The molecule has 15 nitrogen and oxygen atoms in total. The predicted octanol–water partition coefficient (Wildman–Crippen LogP) is -7.29. The van der Waals surface area contributed by atoms with Crippen molar-refractivity contribution in [1.29, 1.82) is 0 Å². The summed E-state index contributed by atoms with van der Waals surface area (Å²) in [6, 6.07) is 8.63. The summed E-state index contributed by atoms with van der Waals surface area (Å²) >= 11 is 0. The quantitative estimate of drug-likeness (QED) is 0.0934. The average molecular weight is 767 g/mol. The molecule has 0 unspecified atom stereocenters. The minimum atomic E-state index is -1.45. The number of aromatic nitrogens is 4. The molecule has 3 heterocycles. The number of hydrogen-bond donors (Lipinski definition) is 1. The first-order valence-electron chi connectivity index (χ1n) is 13.3. The van der Waals surface area contributed by atoms with E-state index >= 15 is 0 Å². The Balaban J connectivity index is 0.00000506. The van der Waals surface area contributed by atoms with Gasteiger partial charge in [-0.3, -0.25) is 14.8 Å². The van der Waals surface area contributed by atoms with Gasteiger partial charge in [0, 0.05) is 32.7 Å². The van der Waals surface area contributed by atoms with Crippen molar-refractivity contribution >= 4 is 23.9 Å². The molecule has 45 heavy (non-hydrogen) atoms. The van der Waals surface area contributed by atoms with Crippen molar-refractivity contribution in [2.75, 3.05) is 26.2 Å². The molecule has 232 valence electrons. The third kappa shape index (κ3) is 13.9. The maximum Gasteiger partial charge on any atom is 3.00 e. The van der Waals surface area contributed by atoms with Gasteiger partial charge in [0.25, 0.3) is 0 Å². The molecule has 0 saturated heterocycles. The maximum absolute atomic E-state index is 11.8. The van der Waals surface area contributed by atoms with Crippen LogP contribution in [0.2, 0.25) is 0 Å². The molecule has 3 aromatic heterocycles. The van der Waals surface area contributed by atoms with Crippen LogP contribution >= 0.6 is 0 Å². The van der Waals surface area contributed by atoms with Crippen molar-refractivity contribution in [3.8, 4) is 22.8 Å². The summed E-state index contributed by atoms with van der Waals surface area (Å²) in [5.74, 6) is -5.76. The van der Waals surface area contributed by atoms with Crippen molar-refractivity contribution in [3.05, 3.63) is 60.2 Å². The summed E-state index contributed by atoms with van der Waals surface area (Å²) in [6.45, 7) is -1.76. The topological polar surface area (TPSA) is 245 Å². The van der Waals surface area contributed by atoms with Crippen molar-refractivity contribution in [2.45, 2.75) is 38.4 Å². The van der Waals surface area contributed by atoms with Crippen LogP contribution in [-0.2, 0) is 32.3 Å². The summed E-state index contributed by atoms with van der Waals surface area (Å²) in [5.41, 5.74) is 7.67. The number of hydrogen-bond acceptors (Lipinski definition) is 15. The standard InChI is InChI=1S/C28H33N7O8.Eu.Na/c29-10-2-1-9-24(28(42)43)35(17-27(40)41)14-19-6-4-8-21(32-19)23-12-30-11-22(33-23)20-7-3-5-18(31-20)13-34(15-25(36)37)16-26(38)39;;/h3-8,11-12,24H,1-2,9-10,13-17,29H2,(H,36,37)(H,38,39)(H,40,41)(H,42,43);;/q;+3;+1/p-4/t24-;;/m0../s1. The Bertz CT molecular complexity index is 1440. The van der Waals surface area contributed by atoms with E-state index < -0.39 is 49.6 Å². The fraction of sp³-hybridized carbons (Fsp3) is 0.357. The first-order valence-corrected chi connectivity index (χ1v) is 13.3. The molecule has 0 fully saturated rings. The van der Waals surface area contributed by atoms with Crippen LogP contribution in [0.3, 0.4) is 0 Å². The van der Waals surface area contributed by atoms with E-state index in [1.807, 2.05) is 0 Å². The molecular weight excluding hydrogens is 737 g/mol. The van der Waals surface area contributed by atoms with Crippen molar-refractivity contribution < 1.29 is 119 Å². The second-order valence-corrected chi connectivity index (χ2v) is 9.60. The van der Waals surface area contributed by atoms with E-state index in [0.717, 1.165) is 4.90 Å². The zero-order valence-corrected chi connectivity index (χ0v) is 28.9. The molecule has 0 spiro atoms. The molecular formula is C28H29EuN7NaO8. The van der Waals surface area contributed by atoms with Crippen molar-refractivity contribution in [1.82, 2.24) is 29.7 Å². The number of pyridine rings is 2. The van der Waals surface area contributed by atoms with Crippen LogP contribution < -0.4 is 55.7 Å². The van der Waals surface area contributed by atoms with Gasteiger partial charge in [0.1, 0.15) is 11.4 Å². The maximum atomic E-state index is 11.8. The van der Waals surface area contributed by atoms with Crippen LogP contribution in [0, 0.1) is 49.4 Å². The van der Waals surface area contributed by atoms with Crippen molar-refractivity contribution in [2.24, 2.45) is 5.73 Å². The van der Waals surface area contributed by atoms with Gasteiger partial charge in [-0.25, -0.2) is 15.0 Å². The van der Waals surface area contributed by atoms with Gasteiger partial charge in [-0.1, -0.05) is 18.6 Å². The molecule has 3 aromatic rings. The Hall–Kier alpha value is -2.28. The Morgan fingerprint density at radius 3 is 1.69 bits per heavy atom. The van der Waals surface area contributed by atoms with Crippen LogP contribution in [0.4, 0.5) is 0 Å². The van der Waals surface area contributed by atoms with Gasteiger partial charge in [0.2, 0.25) is 0 Å². The SMILES string of the molecule is NCCCC[C@@H](C(=O)[O-])N(CC(=O)[O-])Cc1cccc(-c2cncc(-c3cccc(CN(CC(=O)[O-])CC(=O)[O-])n3)n2)n1.[Eu+3].[Na+]. The van der Waals surface area contributed by atoms with Crippen LogP contribution in [0.5, 0.6) is 0 Å². The van der Waals surface area contributed by atoms with Gasteiger partial charge >= 0.3 is 78.9 Å². The number of rotatable bonds is 18. The number of carbonyl (C=O) groups excluding carboxylic acids is 4. The second kappa shape index (κ2) is 20.8. The Kier molecular flexibility index (Phi) is 18.8. The molecule has 1 atom stereocenters. The van der Waals surface area contributed by atoms with Gasteiger partial charge in [-0.05, 0) is 43.7 Å². The average Bonchev–Trinajstić information content (AvgIpc) is 2.94. The first kappa shape index (κ1) is 40.7. The fourth-order valence-corrected chi connectivity index (χ4v) is 4.38. The van der Waals surface area contributed by atoms with E-state index in [4.69, 9.17) is 5.73 Å². The van der Waals surface area contributed by atoms with E-state index in [1.54, 1.807) is 36.4 Å². The largest absolute Gasteiger partial charge is 3.00 e. The van der Waals surface area contributed by atoms with Gasteiger partial charge < -0.3 is 45.3 Å². The Morgan fingerprint density at radius 2 is 1.22 bits per heavy atom. The van der Waals surface area contributed by atoms with Gasteiger partial charge in [-0.2, -0.15) is 0 Å². The molecule has 3 rings (SSSR count). The summed E-state index contributed by atoms with van der Waals surface area (Å²) in [7, 11) is 0. The molecule has 0 bridgehead atoms. The number of nitrogens with two attached hydrogens (primary N) is 1. The zero-order valence-electron chi connectivity index (χ0n) is 24.5. The molecule has 0 amide bonds.